The van der Waals surface area contributed by atoms with E-state index >= 15 is 0 Å². The highest BCUT2D eigenvalue weighted by atomic mass is 35.5. The van der Waals surface area contributed by atoms with Gasteiger partial charge >= 0.3 is 0 Å². The van der Waals surface area contributed by atoms with Crippen LogP contribution in [0.5, 0.6) is 5.75 Å². The molecule has 0 atom stereocenters. The van der Waals surface area contributed by atoms with Crippen LogP contribution in [0.15, 0.2) is 18.3 Å². The van der Waals surface area contributed by atoms with Crippen LogP contribution < -0.4 is 4.74 Å². The Morgan fingerprint density at radius 2 is 2.19 bits per heavy atom. The minimum atomic E-state index is -0.221. The predicted octanol–water partition coefficient (Wildman–Crippen LogP) is 4.58. The van der Waals surface area contributed by atoms with E-state index < -0.39 is 0 Å². The number of carbonyl (C=O) groups is 1. The predicted molar refractivity (Wildman–Crippen MR) is 84.4 cm³/mol. The number of nitrogens with zero attached hydrogens (tertiary/aromatic N) is 1. The van der Waals surface area contributed by atoms with Crippen LogP contribution >= 0.6 is 11.6 Å². The summed E-state index contributed by atoms with van der Waals surface area (Å²) in [5, 5.41) is 1.27. The van der Waals surface area contributed by atoms with Crippen molar-refractivity contribution in [2.75, 3.05) is 0 Å². The zero-order valence-corrected chi connectivity index (χ0v) is 13.3. The number of fused-ring (bicyclic) bond motifs is 3. The second kappa shape index (κ2) is 4.99. The van der Waals surface area contributed by atoms with E-state index in [1.807, 2.05) is 19.1 Å². The van der Waals surface area contributed by atoms with Gasteiger partial charge in [0, 0.05) is 30.0 Å². The van der Waals surface area contributed by atoms with Crippen LogP contribution in [0.2, 0.25) is 5.02 Å². The summed E-state index contributed by atoms with van der Waals surface area (Å²) in [7, 11) is 0. The fraction of sp³-hybridized carbons (Fsp3) is 0.412. The van der Waals surface area contributed by atoms with Crippen molar-refractivity contribution in [3.05, 3.63) is 34.5 Å². The topological polar surface area (TPSA) is 39.2 Å². The van der Waals surface area contributed by atoms with Gasteiger partial charge in [-0.2, -0.15) is 0 Å². The van der Waals surface area contributed by atoms with E-state index in [-0.39, 0.29) is 11.4 Å². The van der Waals surface area contributed by atoms with Crippen molar-refractivity contribution < 1.29 is 9.53 Å². The fourth-order valence-electron chi connectivity index (χ4n) is 2.83. The first kappa shape index (κ1) is 14.3. The summed E-state index contributed by atoms with van der Waals surface area (Å²) in [5.41, 5.74) is 2.17. The number of Topliss-reactive ketones (excluding diaryl/α,β-unsaturated/α-hetero) is 1. The SMILES string of the molecule is CCCC(=O)c1cnc2c3c(ccc2c1Cl)CC(C)(C)O3. The number of rotatable bonds is 3. The Hall–Kier alpha value is -1.61. The van der Waals surface area contributed by atoms with Gasteiger partial charge in [-0.15, -0.1) is 0 Å². The molecule has 2 heterocycles. The molecule has 1 aliphatic heterocycles. The van der Waals surface area contributed by atoms with E-state index in [2.05, 4.69) is 18.8 Å². The molecule has 0 N–H and O–H groups in total. The number of benzene rings is 1. The third-order valence-corrected chi connectivity index (χ3v) is 4.19. The number of ether oxygens (including phenoxy) is 1. The van der Waals surface area contributed by atoms with Crippen molar-refractivity contribution in [3.8, 4) is 5.75 Å². The van der Waals surface area contributed by atoms with Crippen molar-refractivity contribution in [2.45, 2.75) is 45.6 Å². The second-order valence-corrected chi connectivity index (χ2v) is 6.53. The number of hydrogen-bond acceptors (Lipinski definition) is 3. The lowest BCUT2D eigenvalue weighted by Gasteiger charge is -2.17. The molecule has 0 saturated heterocycles. The summed E-state index contributed by atoms with van der Waals surface area (Å²) in [6, 6.07) is 3.96. The Kier molecular flexibility index (Phi) is 3.40. The minimum absolute atomic E-state index is 0.0404. The molecule has 0 spiro atoms. The summed E-state index contributed by atoms with van der Waals surface area (Å²) in [4.78, 5) is 16.5. The highest BCUT2D eigenvalue weighted by Gasteiger charge is 2.32. The first-order chi connectivity index (χ1) is 9.93. The van der Waals surface area contributed by atoms with Crippen molar-refractivity contribution in [1.29, 1.82) is 0 Å². The molecule has 0 saturated carbocycles. The third kappa shape index (κ3) is 2.40. The number of hydrogen-bond donors (Lipinski definition) is 0. The molecule has 0 amide bonds. The maximum absolute atomic E-state index is 12.1. The fourth-order valence-corrected chi connectivity index (χ4v) is 3.14. The Bertz CT molecular complexity index is 737. The van der Waals surface area contributed by atoms with Gasteiger partial charge in [0.2, 0.25) is 0 Å². The molecular weight excluding hydrogens is 286 g/mol. The zero-order chi connectivity index (χ0) is 15.2. The van der Waals surface area contributed by atoms with E-state index in [1.54, 1.807) is 6.20 Å². The van der Waals surface area contributed by atoms with Crippen LogP contribution in [-0.4, -0.2) is 16.4 Å². The lowest BCUT2D eigenvalue weighted by molar-refractivity contribution is 0.0981. The second-order valence-electron chi connectivity index (χ2n) is 6.15. The van der Waals surface area contributed by atoms with Crippen molar-refractivity contribution in [1.82, 2.24) is 4.98 Å². The monoisotopic (exact) mass is 303 g/mol. The summed E-state index contributed by atoms with van der Waals surface area (Å²) in [6.45, 7) is 6.09. The van der Waals surface area contributed by atoms with Gasteiger partial charge in [-0.1, -0.05) is 30.7 Å². The summed E-state index contributed by atoms with van der Waals surface area (Å²) >= 11 is 6.43. The lowest BCUT2D eigenvalue weighted by atomic mass is 10.00. The van der Waals surface area contributed by atoms with E-state index in [0.717, 1.165) is 35.1 Å². The van der Waals surface area contributed by atoms with E-state index in [4.69, 9.17) is 16.3 Å². The molecule has 110 valence electrons. The van der Waals surface area contributed by atoms with Gasteiger partial charge in [-0.05, 0) is 20.3 Å². The quantitative estimate of drug-likeness (QED) is 0.779. The lowest BCUT2D eigenvalue weighted by Crippen LogP contribution is -2.24. The van der Waals surface area contributed by atoms with Crippen LogP contribution in [0, 0.1) is 0 Å². The molecule has 0 fully saturated rings. The van der Waals surface area contributed by atoms with Crippen LogP contribution in [0.3, 0.4) is 0 Å². The number of aromatic nitrogens is 1. The number of carbonyl (C=O) groups excluding carboxylic acids is 1. The van der Waals surface area contributed by atoms with Crippen molar-refractivity contribution >= 4 is 28.3 Å². The molecule has 2 aromatic rings. The average Bonchev–Trinajstić information content (AvgIpc) is 2.73. The zero-order valence-electron chi connectivity index (χ0n) is 12.5. The molecule has 1 aromatic heterocycles. The van der Waals surface area contributed by atoms with E-state index in [0.29, 0.717) is 17.0 Å². The summed E-state index contributed by atoms with van der Waals surface area (Å²) < 4.78 is 6.00. The Morgan fingerprint density at radius 3 is 2.90 bits per heavy atom. The summed E-state index contributed by atoms with van der Waals surface area (Å²) in [5.74, 6) is 0.840. The van der Waals surface area contributed by atoms with E-state index in [9.17, 15) is 4.79 Å². The molecule has 3 rings (SSSR count). The largest absolute Gasteiger partial charge is 0.485 e. The standard InChI is InChI=1S/C17H18ClNO2/c1-4-5-13(20)12-9-19-15-11(14(12)18)7-6-10-8-17(2,3)21-16(10)15/h6-7,9H,4-5,8H2,1-3H3. The Morgan fingerprint density at radius 1 is 1.43 bits per heavy atom. The molecule has 1 aliphatic rings. The van der Waals surface area contributed by atoms with E-state index in [1.165, 1.54) is 0 Å². The van der Waals surface area contributed by atoms with Gasteiger partial charge < -0.3 is 4.74 Å². The first-order valence-electron chi connectivity index (χ1n) is 7.25. The highest BCUT2D eigenvalue weighted by Crippen LogP contribution is 2.41. The molecule has 1 aromatic carbocycles. The molecule has 0 aliphatic carbocycles. The van der Waals surface area contributed by atoms with Gasteiger partial charge in [0.1, 0.15) is 16.9 Å². The molecular formula is C17H18ClNO2. The molecule has 21 heavy (non-hydrogen) atoms. The van der Waals surface area contributed by atoms with Gasteiger partial charge in [0.15, 0.2) is 5.78 Å². The van der Waals surface area contributed by atoms with Crippen LogP contribution in [-0.2, 0) is 6.42 Å². The highest BCUT2D eigenvalue weighted by molar-refractivity contribution is 6.38. The van der Waals surface area contributed by atoms with Crippen LogP contribution in [0.25, 0.3) is 10.9 Å². The van der Waals surface area contributed by atoms with Gasteiger partial charge in [0.25, 0.3) is 0 Å². The van der Waals surface area contributed by atoms with Gasteiger partial charge in [-0.3, -0.25) is 9.78 Å². The average molecular weight is 304 g/mol. The number of ketones is 1. The normalized spacial score (nSPS) is 15.8. The Labute approximate surface area is 129 Å². The van der Waals surface area contributed by atoms with Crippen LogP contribution in [0.1, 0.15) is 49.5 Å². The molecule has 3 nitrogen and oxygen atoms in total. The number of halogens is 1. The van der Waals surface area contributed by atoms with Crippen molar-refractivity contribution in [2.24, 2.45) is 0 Å². The smallest absolute Gasteiger partial charge is 0.165 e. The molecule has 4 heteroatoms. The maximum Gasteiger partial charge on any atom is 0.165 e. The molecule has 0 bridgehead atoms. The van der Waals surface area contributed by atoms with Crippen LogP contribution in [0.4, 0.5) is 0 Å². The van der Waals surface area contributed by atoms with Crippen molar-refractivity contribution in [3.63, 3.8) is 0 Å². The summed E-state index contributed by atoms with van der Waals surface area (Å²) in [6.07, 6.45) is 3.72. The van der Waals surface area contributed by atoms with Gasteiger partial charge in [0.05, 0.1) is 10.6 Å². The number of pyridine rings is 1. The maximum atomic E-state index is 12.1. The van der Waals surface area contributed by atoms with Gasteiger partial charge in [-0.25, -0.2) is 0 Å². The minimum Gasteiger partial charge on any atom is -0.485 e. The Balaban J connectivity index is 2.16. The molecule has 0 unspecified atom stereocenters. The first-order valence-corrected chi connectivity index (χ1v) is 7.63. The molecule has 0 radical (unpaired) electrons. The third-order valence-electron chi connectivity index (χ3n) is 3.78.